The van der Waals surface area contributed by atoms with Crippen molar-refractivity contribution in [2.45, 2.75) is 37.6 Å². The highest BCUT2D eigenvalue weighted by molar-refractivity contribution is 6.03. The van der Waals surface area contributed by atoms with Gasteiger partial charge in [-0.25, -0.2) is 19.3 Å². The summed E-state index contributed by atoms with van der Waals surface area (Å²) in [5, 5.41) is 0. The normalized spacial score (nSPS) is 21.4. The number of alkyl halides is 3. The van der Waals surface area contributed by atoms with Crippen molar-refractivity contribution in [2.24, 2.45) is 5.92 Å². The maximum absolute atomic E-state index is 14.4. The quantitative estimate of drug-likeness (QED) is 0.468. The Morgan fingerprint density at radius 2 is 1.89 bits per heavy atom. The van der Waals surface area contributed by atoms with Gasteiger partial charge in [0.05, 0.1) is 24.3 Å². The monoisotopic (exact) mass is 502 g/mol. The lowest BCUT2D eigenvalue weighted by atomic mass is 9.77. The van der Waals surface area contributed by atoms with E-state index < -0.39 is 35.6 Å². The number of rotatable bonds is 5. The Morgan fingerprint density at radius 1 is 1.11 bits per heavy atom. The molecule has 3 atom stereocenters. The van der Waals surface area contributed by atoms with Crippen LogP contribution in [0.3, 0.4) is 0 Å². The van der Waals surface area contributed by atoms with Crippen molar-refractivity contribution in [1.82, 2.24) is 19.9 Å². The van der Waals surface area contributed by atoms with Crippen LogP contribution in [-0.2, 0) is 6.18 Å². The molecule has 2 saturated heterocycles. The van der Waals surface area contributed by atoms with Gasteiger partial charge >= 0.3 is 6.18 Å². The van der Waals surface area contributed by atoms with E-state index in [-0.39, 0.29) is 11.8 Å². The number of halogens is 4. The number of carbonyl (C=O) groups excluding carboxylic acids is 1. The topological polar surface area (TPSA) is 77.4 Å². The van der Waals surface area contributed by atoms with Crippen molar-refractivity contribution >= 4 is 5.91 Å². The first-order chi connectivity index (χ1) is 17.3. The van der Waals surface area contributed by atoms with E-state index in [0.29, 0.717) is 54.4 Å². The molecule has 3 aromatic rings. The van der Waals surface area contributed by atoms with Crippen LogP contribution in [0.1, 0.15) is 35.2 Å². The lowest BCUT2D eigenvalue weighted by Crippen LogP contribution is -2.59. The Bertz CT molecular complexity index is 1270. The van der Waals surface area contributed by atoms with E-state index in [2.05, 4.69) is 15.0 Å². The van der Waals surface area contributed by atoms with E-state index in [9.17, 15) is 22.4 Å². The molecule has 2 aromatic heterocycles. The number of amides is 1. The maximum Gasteiger partial charge on any atom is 0.417 e. The predicted molar refractivity (Wildman–Crippen MR) is 120 cm³/mol. The second kappa shape index (κ2) is 9.36. The number of pyridine rings is 1. The summed E-state index contributed by atoms with van der Waals surface area (Å²) in [5.74, 6) is -1.20. The second-order valence-electron chi connectivity index (χ2n) is 8.82. The van der Waals surface area contributed by atoms with Crippen LogP contribution in [-0.4, -0.2) is 51.6 Å². The van der Waals surface area contributed by atoms with Crippen LogP contribution >= 0.6 is 0 Å². The minimum Gasteiger partial charge on any atom is -0.496 e. The van der Waals surface area contributed by atoms with Gasteiger partial charge in [-0.05, 0) is 43.4 Å². The summed E-state index contributed by atoms with van der Waals surface area (Å²) in [6.07, 6.45) is 0.372. The molecule has 4 heterocycles. The summed E-state index contributed by atoms with van der Waals surface area (Å²) in [6, 6.07) is 6.79. The molecule has 0 N–H and O–H groups in total. The maximum atomic E-state index is 14.4. The highest BCUT2D eigenvalue weighted by Gasteiger charge is 2.46. The van der Waals surface area contributed by atoms with Gasteiger partial charge in [0, 0.05) is 30.7 Å². The van der Waals surface area contributed by atoms with Crippen molar-refractivity contribution < 1.29 is 31.8 Å². The zero-order valence-electron chi connectivity index (χ0n) is 19.2. The third kappa shape index (κ3) is 4.45. The molecule has 0 radical (unpaired) electrons. The van der Waals surface area contributed by atoms with Gasteiger partial charge in [-0.3, -0.25) is 4.79 Å². The third-order valence-electron chi connectivity index (χ3n) is 6.65. The third-order valence-corrected chi connectivity index (χ3v) is 6.65. The summed E-state index contributed by atoms with van der Waals surface area (Å²) < 4.78 is 64.4. The molecule has 1 aliphatic carbocycles. The molecule has 1 aromatic carbocycles. The molecular formula is C25H22F4N4O3. The predicted octanol–water partition coefficient (Wildman–Crippen LogP) is 4.78. The first-order valence-electron chi connectivity index (χ1n) is 11.4. The Hall–Kier alpha value is -3.76. The summed E-state index contributed by atoms with van der Waals surface area (Å²) in [7, 11) is 1.47. The summed E-state index contributed by atoms with van der Waals surface area (Å²) >= 11 is 0. The molecule has 3 aliphatic rings. The number of carbonyl (C=O) groups is 1. The van der Waals surface area contributed by atoms with Crippen molar-refractivity contribution in [3.05, 3.63) is 65.9 Å². The van der Waals surface area contributed by atoms with Crippen LogP contribution in [0.15, 0.2) is 48.9 Å². The second-order valence-corrected chi connectivity index (χ2v) is 8.82. The van der Waals surface area contributed by atoms with Crippen molar-refractivity contribution in [3.63, 3.8) is 0 Å². The largest absolute Gasteiger partial charge is 0.496 e. The van der Waals surface area contributed by atoms with Crippen LogP contribution in [0.4, 0.5) is 17.6 Å². The van der Waals surface area contributed by atoms with Crippen LogP contribution in [0, 0.1) is 11.7 Å². The van der Waals surface area contributed by atoms with Crippen LogP contribution in [0.25, 0.3) is 11.4 Å². The van der Waals surface area contributed by atoms with Gasteiger partial charge < -0.3 is 14.4 Å². The van der Waals surface area contributed by atoms with Crippen LogP contribution in [0.2, 0.25) is 0 Å². The Morgan fingerprint density at radius 3 is 2.56 bits per heavy atom. The van der Waals surface area contributed by atoms with E-state index in [0.717, 1.165) is 6.42 Å². The molecule has 188 valence electrons. The molecule has 2 aliphatic heterocycles. The summed E-state index contributed by atoms with van der Waals surface area (Å²) in [5.41, 5.74) is -0.383. The number of fused-ring (bicyclic) bond motifs is 3. The number of benzene rings is 1. The lowest BCUT2D eigenvalue weighted by Gasteiger charge is -2.49. The van der Waals surface area contributed by atoms with Gasteiger partial charge in [-0.1, -0.05) is 12.1 Å². The van der Waals surface area contributed by atoms with Gasteiger partial charge in [0.25, 0.3) is 11.8 Å². The van der Waals surface area contributed by atoms with E-state index in [4.69, 9.17) is 9.47 Å². The highest BCUT2D eigenvalue weighted by Crippen LogP contribution is 2.40. The molecule has 36 heavy (non-hydrogen) atoms. The number of hydrogen-bond donors (Lipinski definition) is 0. The lowest BCUT2D eigenvalue weighted by molar-refractivity contribution is -0.138. The zero-order valence-corrected chi connectivity index (χ0v) is 19.2. The molecule has 7 nitrogen and oxygen atoms in total. The minimum absolute atomic E-state index is 0.0904. The Kier molecular flexibility index (Phi) is 6.23. The smallest absolute Gasteiger partial charge is 0.417 e. The number of hydrogen-bond acceptors (Lipinski definition) is 6. The first kappa shape index (κ1) is 24.0. The fourth-order valence-corrected chi connectivity index (χ4v) is 4.99. The highest BCUT2D eigenvalue weighted by atomic mass is 19.4. The fraction of sp³-hybridized carbons (Fsp3) is 0.360. The summed E-state index contributed by atoms with van der Waals surface area (Å²) in [6.45, 7) is 0.472. The van der Waals surface area contributed by atoms with Gasteiger partial charge in [0.15, 0.2) is 11.6 Å². The van der Waals surface area contributed by atoms with Crippen molar-refractivity contribution in [2.75, 3.05) is 13.7 Å². The molecule has 3 fully saturated rings. The van der Waals surface area contributed by atoms with Crippen molar-refractivity contribution in [1.29, 1.82) is 0 Å². The SMILES string of the molecule is COc1cccc(-c2ncccn2)c1C(=O)N1C[C@@H]2CC[C@H]1[C@H](Oc1ncc(C(F)(F)F)cc1F)C2. The first-order valence-corrected chi connectivity index (χ1v) is 11.4. The molecule has 11 heteroatoms. The van der Waals surface area contributed by atoms with Gasteiger partial charge in [0.2, 0.25) is 0 Å². The summed E-state index contributed by atoms with van der Waals surface area (Å²) in [4.78, 5) is 27.7. The molecule has 1 amide bonds. The Balaban J connectivity index is 1.45. The number of aromatic nitrogens is 3. The zero-order chi connectivity index (χ0) is 25.4. The van der Waals surface area contributed by atoms with Gasteiger partial charge in [0.1, 0.15) is 11.9 Å². The van der Waals surface area contributed by atoms with Crippen LogP contribution in [0.5, 0.6) is 11.6 Å². The standard InChI is InChI=1S/C25H22F4N4O3/c1-35-19-5-2-4-16(22-30-8-3-9-31-22)21(19)24(34)33-13-14-6-7-18(33)20(10-14)36-23-17(26)11-15(12-32-23)25(27,28)29/h2-5,8-9,11-12,14,18,20H,6-7,10,13H2,1H3/t14-,18+,20-/m1/s1. The average Bonchev–Trinajstić information content (AvgIpc) is 2.89. The fourth-order valence-electron chi connectivity index (χ4n) is 4.99. The molecular weight excluding hydrogens is 480 g/mol. The molecule has 1 saturated carbocycles. The van der Waals surface area contributed by atoms with Crippen LogP contribution < -0.4 is 9.47 Å². The number of methoxy groups -OCH3 is 1. The molecule has 2 bridgehead atoms. The van der Waals surface area contributed by atoms with Gasteiger partial charge in [-0.15, -0.1) is 0 Å². The minimum atomic E-state index is -4.71. The molecule has 0 spiro atoms. The number of piperidine rings is 2. The van der Waals surface area contributed by atoms with E-state index >= 15 is 0 Å². The van der Waals surface area contributed by atoms with Crippen molar-refractivity contribution in [3.8, 4) is 23.0 Å². The number of ether oxygens (including phenoxy) is 2. The molecule has 6 rings (SSSR count). The van der Waals surface area contributed by atoms with E-state index in [1.807, 2.05) is 0 Å². The van der Waals surface area contributed by atoms with E-state index in [1.165, 1.54) is 7.11 Å². The average molecular weight is 502 g/mol. The van der Waals surface area contributed by atoms with Gasteiger partial charge in [-0.2, -0.15) is 13.2 Å². The van der Waals surface area contributed by atoms with E-state index in [1.54, 1.807) is 41.6 Å². The Labute approximate surface area is 204 Å². The molecule has 0 unspecified atom stereocenters. The number of nitrogens with zero attached hydrogens (tertiary/aromatic N) is 4.